The van der Waals surface area contributed by atoms with E-state index in [-0.39, 0.29) is 12.3 Å². The zero-order valence-electron chi connectivity index (χ0n) is 12.8. The van der Waals surface area contributed by atoms with E-state index in [0.717, 1.165) is 4.88 Å². The molecule has 0 saturated carbocycles. The Morgan fingerprint density at radius 2 is 1.83 bits per heavy atom. The van der Waals surface area contributed by atoms with E-state index < -0.39 is 17.9 Å². The summed E-state index contributed by atoms with van der Waals surface area (Å²) in [7, 11) is 0. The van der Waals surface area contributed by atoms with Crippen molar-refractivity contribution < 1.29 is 14.4 Å². The van der Waals surface area contributed by atoms with Gasteiger partial charge in [-0.05, 0) is 35.7 Å². The lowest BCUT2D eigenvalue weighted by Gasteiger charge is -2.16. The predicted octanol–water partition coefficient (Wildman–Crippen LogP) is 2.43. The highest BCUT2D eigenvalue weighted by molar-refractivity contribution is 7.10. The Bertz CT molecular complexity index is 717. The molecule has 1 aromatic carbocycles. The van der Waals surface area contributed by atoms with Crippen molar-refractivity contribution in [3.05, 3.63) is 57.2 Å². The normalized spacial score (nSPS) is 11.4. The molecule has 0 aliphatic carbocycles. The summed E-state index contributed by atoms with van der Waals surface area (Å²) in [5, 5.41) is 5.11. The molecular formula is C16H16ClN3O3S. The molecule has 6 nitrogen and oxygen atoms in total. The molecule has 24 heavy (non-hydrogen) atoms. The smallest absolute Gasteiger partial charge is 0.269 e. The van der Waals surface area contributed by atoms with Crippen LogP contribution in [0, 0.1) is 0 Å². The van der Waals surface area contributed by atoms with Crippen LogP contribution in [0.2, 0.25) is 5.02 Å². The summed E-state index contributed by atoms with van der Waals surface area (Å²) in [6.07, 6.45) is 0.0149. The fourth-order valence-corrected chi connectivity index (χ4v) is 2.90. The number of hydrazine groups is 1. The number of carbonyl (C=O) groups is 3. The van der Waals surface area contributed by atoms with Gasteiger partial charge in [0, 0.05) is 22.4 Å². The first-order valence-corrected chi connectivity index (χ1v) is 8.36. The van der Waals surface area contributed by atoms with Gasteiger partial charge in [0.25, 0.3) is 5.91 Å². The van der Waals surface area contributed by atoms with Crippen molar-refractivity contribution in [1.29, 1.82) is 0 Å². The number of thiophene rings is 1. The van der Waals surface area contributed by atoms with E-state index in [1.807, 2.05) is 17.5 Å². The highest BCUT2D eigenvalue weighted by atomic mass is 35.5. The molecule has 0 fully saturated rings. The molecule has 1 unspecified atom stereocenters. The van der Waals surface area contributed by atoms with Gasteiger partial charge < -0.3 is 5.32 Å². The van der Waals surface area contributed by atoms with Crippen LogP contribution in [0.25, 0.3) is 0 Å². The molecule has 0 aliphatic rings. The molecular weight excluding hydrogens is 350 g/mol. The Morgan fingerprint density at radius 1 is 1.12 bits per heavy atom. The van der Waals surface area contributed by atoms with Crippen molar-refractivity contribution in [2.75, 3.05) is 0 Å². The molecule has 8 heteroatoms. The summed E-state index contributed by atoms with van der Waals surface area (Å²) in [5.74, 6) is -1.09. The molecule has 0 spiro atoms. The number of hydrogen-bond donors (Lipinski definition) is 3. The quantitative estimate of drug-likeness (QED) is 0.711. The number of benzene rings is 1. The van der Waals surface area contributed by atoms with Gasteiger partial charge in [0.15, 0.2) is 0 Å². The second-order valence-electron chi connectivity index (χ2n) is 4.98. The Kier molecular flexibility index (Phi) is 6.34. The number of hydrogen-bond acceptors (Lipinski definition) is 4. The van der Waals surface area contributed by atoms with Gasteiger partial charge in [0.2, 0.25) is 11.8 Å². The van der Waals surface area contributed by atoms with Crippen LogP contribution in [0.5, 0.6) is 0 Å². The zero-order chi connectivity index (χ0) is 17.5. The van der Waals surface area contributed by atoms with E-state index >= 15 is 0 Å². The Morgan fingerprint density at radius 3 is 2.42 bits per heavy atom. The van der Waals surface area contributed by atoms with Crippen molar-refractivity contribution in [1.82, 2.24) is 16.2 Å². The Labute approximate surface area is 148 Å². The fourth-order valence-electron chi connectivity index (χ4n) is 1.99. The SMILES string of the molecule is CC(=O)NC(CC(=O)NNC(=O)c1ccc(Cl)cc1)c1cccs1. The molecule has 126 valence electrons. The molecule has 2 aromatic rings. The third-order valence-corrected chi connectivity index (χ3v) is 4.31. The average Bonchev–Trinajstić information content (AvgIpc) is 3.06. The number of nitrogens with one attached hydrogen (secondary N) is 3. The van der Waals surface area contributed by atoms with E-state index in [1.54, 1.807) is 24.3 Å². The summed E-state index contributed by atoms with van der Waals surface area (Å²) >= 11 is 7.20. The van der Waals surface area contributed by atoms with Crippen molar-refractivity contribution in [2.45, 2.75) is 19.4 Å². The Hall–Kier alpha value is -2.38. The van der Waals surface area contributed by atoms with Crippen molar-refractivity contribution in [3.63, 3.8) is 0 Å². The number of rotatable bonds is 5. The number of carbonyl (C=O) groups excluding carboxylic acids is 3. The topological polar surface area (TPSA) is 87.3 Å². The van der Waals surface area contributed by atoms with Crippen LogP contribution in [-0.4, -0.2) is 17.7 Å². The molecule has 0 bridgehead atoms. The molecule has 3 N–H and O–H groups in total. The second kappa shape index (κ2) is 8.47. The highest BCUT2D eigenvalue weighted by Gasteiger charge is 2.18. The first-order valence-electron chi connectivity index (χ1n) is 7.11. The van der Waals surface area contributed by atoms with Crippen molar-refractivity contribution in [3.8, 4) is 0 Å². The van der Waals surface area contributed by atoms with Gasteiger partial charge in [0.1, 0.15) is 0 Å². The first kappa shape index (κ1) is 18.0. The minimum absolute atomic E-state index is 0.0149. The molecule has 1 aromatic heterocycles. The summed E-state index contributed by atoms with van der Waals surface area (Å²) in [5.41, 5.74) is 5.05. The van der Waals surface area contributed by atoms with Gasteiger partial charge in [-0.3, -0.25) is 25.2 Å². The summed E-state index contributed by atoms with van der Waals surface area (Å²) in [6.45, 7) is 1.39. The maximum Gasteiger partial charge on any atom is 0.269 e. The third-order valence-electron chi connectivity index (χ3n) is 3.08. The van der Waals surface area contributed by atoms with E-state index in [1.165, 1.54) is 18.3 Å². The zero-order valence-corrected chi connectivity index (χ0v) is 14.4. The highest BCUT2D eigenvalue weighted by Crippen LogP contribution is 2.21. The van der Waals surface area contributed by atoms with Crippen LogP contribution >= 0.6 is 22.9 Å². The van der Waals surface area contributed by atoms with Gasteiger partial charge >= 0.3 is 0 Å². The maximum absolute atomic E-state index is 12.0. The second-order valence-corrected chi connectivity index (χ2v) is 6.40. The molecule has 3 amide bonds. The Balaban J connectivity index is 1.90. The molecule has 0 saturated heterocycles. The van der Waals surface area contributed by atoms with Crippen LogP contribution in [0.3, 0.4) is 0 Å². The predicted molar refractivity (Wildman–Crippen MR) is 92.6 cm³/mol. The van der Waals surface area contributed by atoms with Crippen LogP contribution in [-0.2, 0) is 9.59 Å². The lowest BCUT2D eigenvalue weighted by atomic mass is 10.1. The maximum atomic E-state index is 12.0. The first-order chi connectivity index (χ1) is 11.5. The average molecular weight is 366 g/mol. The van der Waals surface area contributed by atoms with Gasteiger partial charge in [0.05, 0.1) is 12.5 Å². The molecule has 2 rings (SSSR count). The van der Waals surface area contributed by atoms with E-state index in [2.05, 4.69) is 16.2 Å². The van der Waals surface area contributed by atoms with E-state index in [0.29, 0.717) is 10.6 Å². The molecule has 0 aliphatic heterocycles. The third kappa shape index (κ3) is 5.36. The van der Waals surface area contributed by atoms with Crippen LogP contribution in [0.4, 0.5) is 0 Å². The van der Waals surface area contributed by atoms with Gasteiger partial charge in [-0.2, -0.15) is 0 Å². The van der Waals surface area contributed by atoms with Crippen LogP contribution in [0.1, 0.15) is 34.6 Å². The van der Waals surface area contributed by atoms with E-state index in [9.17, 15) is 14.4 Å². The monoisotopic (exact) mass is 365 g/mol. The van der Waals surface area contributed by atoms with E-state index in [4.69, 9.17) is 11.6 Å². The largest absolute Gasteiger partial charge is 0.348 e. The standard InChI is InChI=1S/C16H16ClN3O3S/c1-10(21)18-13(14-3-2-8-24-14)9-15(22)19-20-16(23)11-4-6-12(17)7-5-11/h2-8,13H,9H2,1H3,(H,18,21)(H,19,22)(H,20,23). The van der Waals surface area contributed by atoms with Gasteiger partial charge in [-0.25, -0.2) is 0 Å². The van der Waals surface area contributed by atoms with Crippen molar-refractivity contribution in [2.24, 2.45) is 0 Å². The summed E-state index contributed by atoms with van der Waals surface area (Å²) < 4.78 is 0. The summed E-state index contributed by atoms with van der Waals surface area (Å²) in [4.78, 5) is 36.1. The van der Waals surface area contributed by atoms with Gasteiger partial charge in [-0.1, -0.05) is 17.7 Å². The number of amides is 3. The van der Waals surface area contributed by atoms with Gasteiger partial charge in [-0.15, -0.1) is 11.3 Å². The minimum atomic E-state index is -0.452. The number of halogens is 1. The molecule has 1 atom stereocenters. The summed E-state index contributed by atoms with van der Waals surface area (Å²) in [6, 6.07) is 9.52. The molecule has 0 radical (unpaired) electrons. The minimum Gasteiger partial charge on any atom is -0.348 e. The lowest BCUT2D eigenvalue weighted by molar-refractivity contribution is -0.123. The lowest BCUT2D eigenvalue weighted by Crippen LogP contribution is -2.43. The van der Waals surface area contributed by atoms with Crippen LogP contribution < -0.4 is 16.2 Å². The van der Waals surface area contributed by atoms with Crippen molar-refractivity contribution >= 4 is 40.7 Å². The van der Waals surface area contributed by atoms with Crippen LogP contribution in [0.15, 0.2) is 41.8 Å². The molecule has 1 heterocycles. The fraction of sp³-hybridized carbons (Fsp3) is 0.188.